The van der Waals surface area contributed by atoms with E-state index in [-0.39, 0.29) is 28.3 Å². The van der Waals surface area contributed by atoms with E-state index in [4.69, 9.17) is 0 Å². The first-order valence-electron chi connectivity index (χ1n) is 12.9. The van der Waals surface area contributed by atoms with Crippen molar-refractivity contribution in [1.82, 2.24) is 14.3 Å². The molecule has 2 saturated carbocycles. The van der Waals surface area contributed by atoms with Crippen LogP contribution in [0.25, 0.3) is 0 Å². The van der Waals surface area contributed by atoms with Gasteiger partial charge in [0.2, 0.25) is 10.0 Å². The van der Waals surface area contributed by atoms with Crippen molar-refractivity contribution >= 4 is 27.7 Å². The molecule has 7 rings (SSSR count). The van der Waals surface area contributed by atoms with Gasteiger partial charge in [-0.3, -0.25) is 14.4 Å². The fraction of sp³-hybridized carbons (Fsp3) is 0.464. The highest BCUT2D eigenvalue weighted by Crippen LogP contribution is 2.70. The van der Waals surface area contributed by atoms with E-state index in [0.29, 0.717) is 12.3 Å². The molecule has 3 aliphatic heterocycles. The summed E-state index contributed by atoms with van der Waals surface area (Å²) in [7, 11) is -3.86. The molecule has 9 heteroatoms. The zero-order chi connectivity index (χ0) is 26.1. The van der Waals surface area contributed by atoms with Gasteiger partial charge in [-0.2, -0.15) is 10.0 Å². The number of fused-ring (bicyclic) bond motifs is 2. The number of hydrazine groups is 1. The molecule has 2 aromatic rings. The van der Waals surface area contributed by atoms with Crippen LogP contribution in [0.15, 0.2) is 54.6 Å². The Balaban J connectivity index is 1.32. The molecule has 3 heterocycles. The van der Waals surface area contributed by atoms with Crippen molar-refractivity contribution in [2.75, 3.05) is 5.75 Å². The predicted octanol–water partition coefficient (Wildman–Crippen LogP) is 3.16. The zero-order valence-electron chi connectivity index (χ0n) is 21.0. The molecule has 0 radical (unpaired) electrons. The standard InChI is InChI=1S/C28H29N3O5S/c1-26(2)18-13-14-28(26)16-37(35,36)30(21(28)15-18)25(34)22-27(3,17-9-5-4-6-10-17)31(22)29-23(32)19-11-7-8-12-20(19)24(29)33/h4-12,18,21-22H,13-16H2,1-3H3/t18-,21-,22+,27+,28-,31?/m1/s1. The summed E-state index contributed by atoms with van der Waals surface area (Å²) in [6, 6.07) is 14.4. The number of rotatable bonds is 3. The van der Waals surface area contributed by atoms with Gasteiger partial charge in [-0.1, -0.05) is 56.3 Å². The summed E-state index contributed by atoms with van der Waals surface area (Å²) >= 11 is 0. The average molecular weight is 520 g/mol. The van der Waals surface area contributed by atoms with Gasteiger partial charge >= 0.3 is 0 Å². The van der Waals surface area contributed by atoms with Crippen molar-refractivity contribution < 1.29 is 22.8 Å². The Labute approximate surface area is 216 Å². The Bertz CT molecular complexity index is 1470. The first-order valence-corrected chi connectivity index (χ1v) is 14.5. The van der Waals surface area contributed by atoms with Crippen LogP contribution in [-0.2, 0) is 20.4 Å². The Hall–Kier alpha value is -3.04. The van der Waals surface area contributed by atoms with Crippen LogP contribution >= 0.6 is 0 Å². The molecule has 1 unspecified atom stereocenters. The lowest BCUT2D eigenvalue weighted by atomic mass is 9.69. The molecule has 192 valence electrons. The highest BCUT2D eigenvalue weighted by molar-refractivity contribution is 7.90. The van der Waals surface area contributed by atoms with E-state index in [2.05, 4.69) is 13.8 Å². The minimum atomic E-state index is -3.86. The number of amides is 3. The van der Waals surface area contributed by atoms with Crippen LogP contribution in [0.2, 0.25) is 0 Å². The van der Waals surface area contributed by atoms with Gasteiger partial charge in [0, 0.05) is 5.41 Å². The first kappa shape index (κ1) is 23.1. The van der Waals surface area contributed by atoms with Crippen LogP contribution in [-0.4, -0.2) is 58.3 Å². The summed E-state index contributed by atoms with van der Waals surface area (Å²) in [5.41, 5.74) is -0.375. The van der Waals surface area contributed by atoms with Gasteiger partial charge in [0.05, 0.1) is 28.5 Å². The maximum absolute atomic E-state index is 14.3. The normalized spacial score (nSPS) is 38.1. The predicted molar refractivity (Wildman–Crippen MR) is 134 cm³/mol. The fourth-order valence-electron chi connectivity index (χ4n) is 8.18. The van der Waals surface area contributed by atoms with Gasteiger partial charge in [0.15, 0.2) is 0 Å². The maximum Gasteiger partial charge on any atom is 0.276 e. The number of carbonyl (C=O) groups is 3. The summed E-state index contributed by atoms with van der Waals surface area (Å²) in [6.45, 7) is 6.09. The third-order valence-corrected chi connectivity index (χ3v) is 12.3. The molecule has 0 N–H and O–H groups in total. The van der Waals surface area contributed by atoms with Crippen molar-refractivity contribution in [3.8, 4) is 0 Å². The van der Waals surface area contributed by atoms with Gasteiger partial charge in [0.25, 0.3) is 17.7 Å². The van der Waals surface area contributed by atoms with Crippen LogP contribution < -0.4 is 0 Å². The smallest absolute Gasteiger partial charge is 0.272 e. The highest BCUT2D eigenvalue weighted by Gasteiger charge is 2.76. The number of sulfonamides is 1. The molecule has 6 atom stereocenters. The van der Waals surface area contributed by atoms with Gasteiger partial charge < -0.3 is 0 Å². The molecule has 2 saturated heterocycles. The lowest BCUT2D eigenvalue weighted by Gasteiger charge is -2.37. The monoisotopic (exact) mass is 519 g/mol. The summed E-state index contributed by atoms with van der Waals surface area (Å²) in [6.07, 6.45) is 2.44. The molecule has 8 nitrogen and oxygen atoms in total. The van der Waals surface area contributed by atoms with Crippen LogP contribution in [0.3, 0.4) is 0 Å². The Kier molecular flexibility index (Phi) is 4.30. The van der Waals surface area contributed by atoms with Crippen molar-refractivity contribution in [2.24, 2.45) is 16.7 Å². The molecule has 2 aromatic carbocycles. The van der Waals surface area contributed by atoms with E-state index < -0.39 is 44.7 Å². The van der Waals surface area contributed by atoms with Gasteiger partial charge in [-0.05, 0) is 55.2 Å². The van der Waals surface area contributed by atoms with Crippen LogP contribution in [0.1, 0.15) is 66.3 Å². The minimum Gasteiger partial charge on any atom is -0.272 e. The summed E-state index contributed by atoms with van der Waals surface area (Å²) < 4.78 is 28.4. The number of hydrogen-bond acceptors (Lipinski definition) is 6. The average Bonchev–Trinajstić information content (AvgIpc) is 3.01. The van der Waals surface area contributed by atoms with Gasteiger partial charge in [-0.25, -0.2) is 12.7 Å². The molecule has 1 spiro atoms. The van der Waals surface area contributed by atoms with Crippen molar-refractivity contribution in [2.45, 2.75) is 57.7 Å². The van der Waals surface area contributed by atoms with Crippen molar-refractivity contribution in [1.29, 1.82) is 0 Å². The quantitative estimate of drug-likeness (QED) is 0.457. The number of hydrogen-bond donors (Lipinski definition) is 0. The molecule has 4 fully saturated rings. The van der Waals surface area contributed by atoms with E-state index in [1.807, 2.05) is 30.3 Å². The first-order chi connectivity index (χ1) is 17.5. The third kappa shape index (κ3) is 2.57. The second-order valence-corrected chi connectivity index (χ2v) is 13.8. The number of carbonyl (C=O) groups excluding carboxylic acids is 3. The lowest BCUT2D eigenvalue weighted by molar-refractivity contribution is -0.130. The SMILES string of the molecule is CC1(C)[C@@H]2CC[C@]13CS(=O)(=O)N(C(=O)[C@@H]1N(N4C(=O)c5ccccc5C4=O)[C@@]1(C)c1ccccc1)[C@@H]3C2. The van der Waals surface area contributed by atoms with Crippen LogP contribution in [0.5, 0.6) is 0 Å². The van der Waals surface area contributed by atoms with Crippen LogP contribution in [0.4, 0.5) is 0 Å². The van der Waals surface area contributed by atoms with E-state index in [9.17, 15) is 22.8 Å². The third-order valence-electron chi connectivity index (χ3n) is 10.4. The summed E-state index contributed by atoms with van der Waals surface area (Å²) in [5, 5.41) is 2.54. The number of nitrogens with zero attached hydrogens (tertiary/aromatic N) is 3. The fourth-order valence-corrected chi connectivity index (χ4v) is 10.7. The number of benzene rings is 2. The largest absolute Gasteiger partial charge is 0.276 e. The molecular weight excluding hydrogens is 490 g/mol. The maximum atomic E-state index is 14.3. The minimum absolute atomic E-state index is 0.0261. The molecule has 0 aromatic heterocycles. The van der Waals surface area contributed by atoms with Gasteiger partial charge in [-0.15, -0.1) is 0 Å². The highest BCUT2D eigenvalue weighted by atomic mass is 32.2. The second kappa shape index (κ2) is 6.88. The van der Waals surface area contributed by atoms with Crippen molar-refractivity contribution in [3.05, 3.63) is 71.3 Å². The molecule has 2 aliphatic carbocycles. The van der Waals surface area contributed by atoms with E-state index >= 15 is 0 Å². The molecule has 2 bridgehead atoms. The summed E-state index contributed by atoms with van der Waals surface area (Å²) in [4.78, 5) is 41.2. The molecule has 3 amide bonds. The lowest BCUT2D eigenvalue weighted by Crippen LogP contribution is -2.47. The topological polar surface area (TPSA) is 94.8 Å². The molecular formula is C28H29N3O5S. The van der Waals surface area contributed by atoms with Crippen molar-refractivity contribution in [3.63, 3.8) is 0 Å². The Morgan fingerprint density at radius 1 is 0.919 bits per heavy atom. The van der Waals surface area contributed by atoms with E-state index in [1.165, 1.54) is 5.01 Å². The van der Waals surface area contributed by atoms with E-state index in [0.717, 1.165) is 27.7 Å². The number of imide groups is 1. The van der Waals surface area contributed by atoms with Gasteiger partial charge in [0.1, 0.15) is 6.04 Å². The second-order valence-electron chi connectivity index (χ2n) is 12.0. The van der Waals surface area contributed by atoms with E-state index in [1.54, 1.807) is 31.2 Å². The zero-order valence-corrected chi connectivity index (χ0v) is 21.9. The Morgan fingerprint density at radius 3 is 2.11 bits per heavy atom. The molecule has 5 aliphatic rings. The summed E-state index contributed by atoms with van der Waals surface area (Å²) in [5.74, 6) is -1.20. The molecule has 37 heavy (non-hydrogen) atoms. The van der Waals surface area contributed by atoms with Crippen LogP contribution in [0, 0.1) is 16.7 Å². The Morgan fingerprint density at radius 2 is 1.51 bits per heavy atom.